The van der Waals surface area contributed by atoms with Crippen LogP contribution in [-0.2, 0) is 0 Å². The van der Waals surface area contributed by atoms with Crippen LogP contribution in [0.4, 0.5) is 17.6 Å². The fraction of sp³-hybridized carbons (Fsp3) is 0.500. The van der Waals surface area contributed by atoms with Crippen LogP contribution >= 0.6 is 0 Å². The predicted molar refractivity (Wildman–Crippen MR) is 69.4 cm³/mol. The van der Waals surface area contributed by atoms with Gasteiger partial charge in [0, 0.05) is 11.6 Å². The Kier molecular flexibility index (Phi) is 4.82. The lowest BCUT2D eigenvalue weighted by Gasteiger charge is -2.35. The minimum absolute atomic E-state index is 0.0576. The lowest BCUT2D eigenvalue weighted by molar-refractivity contribution is -0.145. The molecule has 0 bridgehead atoms. The number of rotatable bonds is 3. The van der Waals surface area contributed by atoms with Crippen LogP contribution in [0.25, 0.3) is 0 Å². The van der Waals surface area contributed by atoms with Gasteiger partial charge >= 0.3 is 6.18 Å². The standard InChI is InChI=1S/C14H16F4N2O/c15-11-3-1-2-10(8-11)13(21)20(9-14(16,17)18)12-4-6-19-7-5-12/h1-3,8,12,19H,4-7,9H2. The molecule has 21 heavy (non-hydrogen) atoms. The van der Waals surface area contributed by atoms with Gasteiger partial charge in [0.05, 0.1) is 0 Å². The Labute approximate surface area is 119 Å². The molecule has 7 heteroatoms. The molecule has 0 aliphatic carbocycles. The molecule has 0 spiro atoms. The summed E-state index contributed by atoms with van der Waals surface area (Å²) in [7, 11) is 0. The normalized spacial score (nSPS) is 16.8. The van der Waals surface area contributed by atoms with Crippen molar-refractivity contribution in [2.45, 2.75) is 25.1 Å². The first-order valence-electron chi connectivity index (χ1n) is 6.71. The SMILES string of the molecule is O=C(c1cccc(F)c1)N(CC(F)(F)F)C1CCNCC1. The van der Waals surface area contributed by atoms with Crippen LogP contribution in [0.5, 0.6) is 0 Å². The van der Waals surface area contributed by atoms with Gasteiger partial charge in [0.2, 0.25) is 0 Å². The zero-order valence-corrected chi connectivity index (χ0v) is 11.3. The maximum Gasteiger partial charge on any atom is 0.406 e. The van der Waals surface area contributed by atoms with Crippen LogP contribution in [0.2, 0.25) is 0 Å². The van der Waals surface area contributed by atoms with Gasteiger partial charge in [-0.2, -0.15) is 13.2 Å². The maximum absolute atomic E-state index is 13.2. The number of hydrogen-bond acceptors (Lipinski definition) is 2. The van der Waals surface area contributed by atoms with Crippen LogP contribution in [-0.4, -0.2) is 42.7 Å². The fourth-order valence-corrected chi connectivity index (χ4v) is 2.47. The summed E-state index contributed by atoms with van der Waals surface area (Å²) in [6.07, 6.45) is -3.57. The molecule has 1 N–H and O–H groups in total. The summed E-state index contributed by atoms with van der Waals surface area (Å²) in [4.78, 5) is 13.1. The van der Waals surface area contributed by atoms with E-state index in [0.717, 1.165) is 17.0 Å². The van der Waals surface area contributed by atoms with E-state index in [1.165, 1.54) is 12.1 Å². The van der Waals surface area contributed by atoms with E-state index in [0.29, 0.717) is 25.9 Å². The maximum atomic E-state index is 13.2. The number of carbonyl (C=O) groups excluding carboxylic acids is 1. The molecule has 1 fully saturated rings. The van der Waals surface area contributed by atoms with Gasteiger partial charge in [0.1, 0.15) is 12.4 Å². The van der Waals surface area contributed by atoms with E-state index < -0.39 is 30.5 Å². The van der Waals surface area contributed by atoms with Gasteiger partial charge in [-0.1, -0.05) is 6.07 Å². The molecule has 0 radical (unpaired) electrons. The van der Waals surface area contributed by atoms with Crippen molar-refractivity contribution in [2.75, 3.05) is 19.6 Å². The molecule has 2 rings (SSSR count). The van der Waals surface area contributed by atoms with Gasteiger partial charge in [0.15, 0.2) is 0 Å². The lowest BCUT2D eigenvalue weighted by atomic mass is 10.0. The third kappa shape index (κ3) is 4.42. The summed E-state index contributed by atoms with van der Waals surface area (Å²) in [5, 5.41) is 3.04. The number of amides is 1. The molecule has 1 saturated heterocycles. The van der Waals surface area contributed by atoms with E-state index in [2.05, 4.69) is 5.32 Å². The zero-order chi connectivity index (χ0) is 15.5. The first-order valence-corrected chi connectivity index (χ1v) is 6.71. The molecule has 1 aliphatic rings. The molecule has 1 aromatic carbocycles. The quantitative estimate of drug-likeness (QED) is 0.871. The average Bonchev–Trinajstić information content (AvgIpc) is 2.44. The molecule has 1 aromatic rings. The van der Waals surface area contributed by atoms with Crippen molar-refractivity contribution in [2.24, 2.45) is 0 Å². The van der Waals surface area contributed by atoms with E-state index in [4.69, 9.17) is 0 Å². The molecular formula is C14H16F4N2O. The Morgan fingerprint density at radius 1 is 1.29 bits per heavy atom. The fourth-order valence-electron chi connectivity index (χ4n) is 2.47. The first kappa shape index (κ1) is 15.8. The number of hydrogen-bond donors (Lipinski definition) is 1. The Balaban J connectivity index is 2.23. The van der Waals surface area contributed by atoms with Gasteiger partial charge in [-0.3, -0.25) is 4.79 Å². The number of halogens is 4. The van der Waals surface area contributed by atoms with E-state index in [1.807, 2.05) is 0 Å². The van der Waals surface area contributed by atoms with E-state index in [1.54, 1.807) is 0 Å². The van der Waals surface area contributed by atoms with Crippen LogP contribution in [0.15, 0.2) is 24.3 Å². The van der Waals surface area contributed by atoms with Crippen LogP contribution < -0.4 is 5.32 Å². The Morgan fingerprint density at radius 2 is 1.95 bits per heavy atom. The number of benzene rings is 1. The minimum atomic E-state index is -4.48. The number of carbonyl (C=O) groups is 1. The van der Waals surface area contributed by atoms with Crippen molar-refractivity contribution in [3.8, 4) is 0 Å². The molecular weight excluding hydrogens is 288 g/mol. The lowest BCUT2D eigenvalue weighted by Crippen LogP contribution is -2.49. The van der Waals surface area contributed by atoms with Gasteiger partial charge in [0.25, 0.3) is 5.91 Å². The summed E-state index contributed by atoms with van der Waals surface area (Å²) in [5.74, 6) is -1.42. The van der Waals surface area contributed by atoms with Crippen molar-refractivity contribution in [1.82, 2.24) is 10.2 Å². The summed E-state index contributed by atoms with van der Waals surface area (Å²) < 4.78 is 51.4. The monoisotopic (exact) mass is 304 g/mol. The van der Waals surface area contributed by atoms with Crippen LogP contribution in [0.3, 0.4) is 0 Å². The summed E-state index contributed by atoms with van der Waals surface area (Å²) in [6.45, 7) is -0.183. The van der Waals surface area contributed by atoms with Crippen molar-refractivity contribution < 1.29 is 22.4 Å². The molecule has 0 atom stereocenters. The van der Waals surface area contributed by atoms with E-state index in [9.17, 15) is 22.4 Å². The third-order valence-electron chi connectivity index (χ3n) is 3.43. The Hall–Kier alpha value is -1.63. The number of piperidine rings is 1. The van der Waals surface area contributed by atoms with Crippen molar-refractivity contribution in [3.05, 3.63) is 35.6 Å². The molecule has 0 aromatic heterocycles. The molecule has 0 unspecified atom stereocenters. The highest BCUT2D eigenvalue weighted by Crippen LogP contribution is 2.23. The summed E-state index contributed by atoms with van der Waals surface area (Å²) in [5.41, 5.74) is -0.0576. The largest absolute Gasteiger partial charge is 0.406 e. The number of alkyl halides is 3. The molecule has 1 aliphatic heterocycles. The van der Waals surface area contributed by atoms with Gasteiger partial charge in [-0.25, -0.2) is 4.39 Å². The number of nitrogens with zero attached hydrogens (tertiary/aromatic N) is 1. The van der Waals surface area contributed by atoms with Crippen molar-refractivity contribution in [3.63, 3.8) is 0 Å². The third-order valence-corrected chi connectivity index (χ3v) is 3.43. The molecule has 0 saturated carbocycles. The van der Waals surface area contributed by atoms with E-state index >= 15 is 0 Å². The predicted octanol–water partition coefficient (Wildman–Crippen LogP) is 2.58. The Bertz CT molecular complexity index is 498. The Morgan fingerprint density at radius 3 is 2.52 bits per heavy atom. The summed E-state index contributed by atoms with van der Waals surface area (Å²) >= 11 is 0. The van der Waals surface area contributed by atoms with Gasteiger partial charge in [-0.05, 0) is 44.1 Å². The van der Waals surface area contributed by atoms with Gasteiger partial charge < -0.3 is 10.2 Å². The highest BCUT2D eigenvalue weighted by Gasteiger charge is 2.37. The molecule has 3 nitrogen and oxygen atoms in total. The number of nitrogens with one attached hydrogen (secondary N) is 1. The van der Waals surface area contributed by atoms with Gasteiger partial charge in [-0.15, -0.1) is 0 Å². The second-order valence-electron chi connectivity index (χ2n) is 5.04. The second-order valence-corrected chi connectivity index (χ2v) is 5.04. The van der Waals surface area contributed by atoms with Crippen LogP contribution in [0.1, 0.15) is 23.2 Å². The molecule has 1 amide bonds. The average molecular weight is 304 g/mol. The highest BCUT2D eigenvalue weighted by atomic mass is 19.4. The second kappa shape index (κ2) is 6.43. The topological polar surface area (TPSA) is 32.3 Å². The zero-order valence-electron chi connectivity index (χ0n) is 11.3. The van der Waals surface area contributed by atoms with Crippen molar-refractivity contribution >= 4 is 5.91 Å². The van der Waals surface area contributed by atoms with E-state index in [-0.39, 0.29) is 5.56 Å². The van der Waals surface area contributed by atoms with Crippen LogP contribution in [0, 0.1) is 5.82 Å². The minimum Gasteiger partial charge on any atom is -0.326 e. The smallest absolute Gasteiger partial charge is 0.326 e. The van der Waals surface area contributed by atoms with Crippen molar-refractivity contribution in [1.29, 1.82) is 0 Å². The first-order chi connectivity index (χ1) is 9.87. The molecule has 1 heterocycles. The highest BCUT2D eigenvalue weighted by molar-refractivity contribution is 5.94. The summed E-state index contributed by atoms with van der Waals surface area (Å²) in [6, 6.07) is 4.28. The molecule has 116 valence electrons.